The Hall–Kier alpha value is -0.610. The third-order valence-electron chi connectivity index (χ3n) is 2.83. The highest BCUT2D eigenvalue weighted by Crippen LogP contribution is 2.12. The third-order valence-corrected chi connectivity index (χ3v) is 2.83. The maximum Gasteiger partial charge on any atom is 0.223 e. The topological polar surface area (TPSA) is 49.6 Å². The number of nitrogens with two attached hydrogens (primary N) is 1. The average molecular weight is 215 g/mol. The highest BCUT2D eigenvalue weighted by Gasteiger charge is 2.23. The number of rotatable bonds is 6. The van der Waals surface area contributed by atoms with Crippen LogP contribution >= 0.6 is 0 Å². The monoisotopic (exact) mass is 215 g/mol. The molecule has 4 nitrogen and oxygen atoms in total. The molecule has 0 aromatic carbocycles. The van der Waals surface area contributed by atoms with Crippen molar-refractivity contribution in [1.29, 1.82) is 0 Å². The highest BCUT2D eigenvalue weighted by atomic mass is 16.2. The van der Waals surface area contributed by atoms with Gasteiger partial charge in [-0.1, -0.05) is 6.92 Å². The standard InChI is InChI=1S/C11H25N3O/c1-6-14(11(2,3)9-12)8-7-10(15)13(4)5/h6-9,12H2,1-5H3. The number of carbonyl (C=O) groups is 1. The van der Waals surface area contributed by atoms with E-state index in [1.54, 1.807) is 19.0 Å². The van der Waals surface area contributed by atoms with Gasteiger partial charge in [0.1, 0.15) is 0 Å². The van der Waals surface area contributed by atoms with Crippen LogP contribution in [0, 0.1) is 0 Å². The molecule has 0 aromatic rings. The van der Waals surface area contributed by atoms with Crippen LogP contribution in [0.25, 0.3) is 0 Å². The van der Waals surface area contributed by atoms with Crippen LogP contribution in [0.1, 0.15) is 27.2 Å². The maximum atomic E-state index is 11.4. The molecule has 0 aromatic heterocycles. The second-order valence-corrected chi connectivity index (χ2v) is 4.63. The SMILES string of the molecule is CCN(CCC(=O)N(C)C)C(C)(C)CN. The molecule has 2 N–H and O–H groups in total. The van der Waals surface area contributed by atoms with E-state index in [9.17, 15) is 4.79 Å². The van der Waals surface area contributed by atoms with Crippen LogP contribution in [0.2, 0.25) is 0 Å². The summed E-state index contributed by atoms with van der Waals surface area (Å²) in [6, 6.07) is 0. The molecule has 0 atom stereocenters. The Morgan fingerprint density at radius 1 is 1.33 bits per heavy atom. The van der Waals surface area contributed by atoms with Crippen molar-refractivity contribution in [2.45, 2.75) is 32.7 Å². The van der Waals surface area contributed by atoms with Gasteiger partial charge >= 0.3 is 0 Å². The van der Waals surface area contributed by atoms with Crippen molar-refractivity contribution in [3.05, 3.63) is 0 Å². The lowest BCUT2D eigenvalue weighted by Gasteiger charge is -2.37. The first-order valence-electron chi connectivity index (χ1n) is 5.50. The van der Waals surface area contributed by atoms with E-state index in [2.05, 4.69) is 25.7 Å². The van der Waals surface area contributed by atoms with E-state index in [1.165, 1.54) is 0 Å². The maximum absolute atomic E-state index is 11.4. The molecule has 1 amide bonds. The molecule has 0 spiro atoms. The first kappa shape index (κ1) is 14.4. The van der Waals surface area contributed by atoms with E-state index in [1.807, 2.05) is 0 Å². The van der Waals surface area contributed by atoms with E-state index in [0.717, 1.165) is 13.1 Å². The number of carbonyl (C=O) groups excluding carboxylic acids is 1. The van der Waals surface area contributed by atoms with Gasteiger partial charge in [-0.25, -0.2) is 0 Å². The van der Waals surface area contributed by atoms with Gasteiger partial charge in [0.2, 0.25) is 5.91 Å². The van der Waals surface area contributed by atoms with Crippen LogP contribution in [0.5, 0.6) is 0 Å². The fourth-order valence-corrected chi connectivity index (χ4v) is 1.47. The molecule has 15 heavy (non-hydrogen) atoms. The van der Waals surface area contributed by atoms with Gasteiger partial charge in [-0.05, 0) is 20.4 Å². The molecule has 0 fully saturated rings. The molecule has 0 saturated heterocycles. The van der Waals surface area contributed by atoms with Crippen molar-refractivity contribution >= 4 is 5.91 Å². The van der Waals surface area contributed by atoms with E-state index in [-0.39, 0.29) is 11.4 Å². The Morgan fingerprint density at radius 3 is 2.20 bits per heavy atom. The van der Waals surface area contributed by atoms with E-state index < -0.39 is 0 Å². The molecule has 0 aliphatic rings. The zero-order valence-electron chi connectivity index (χ0n) is 10.7. The summed E-state index contributed by atoms with van der Waals surface area (Å²) in [5.74, 6) is 0.168. The summed E-state index contributed by atoms with van der Waals surface area (Å²) < 4.78 is 0. The first-order valence-corrected chi connectivity index (χ1v) is 5.50. The first-order chi connectivity index (χ1) is 6.85. The molecular formula is C11H25N3O. The van der Waals surface area contributed by atoms with Crippen molar-refractivity contribution < 1.29 is 4.79 Å². The van der Waals surface area contributed by atoms with Crippen molar-refractivity contribution in [2.24, 2.45) is 5.73 Å². The van der Waals surface area contributed by atoms with Crippen LogP contribution in [-0.4, -0.2) is 55.0 Å². The molecule has 0 aliphatic heterocycles. The van der Waals surface area contributed by atoms with Crippen LogP contribution in [0.15, 0.2) is 0 Å². The Kier molecular flexibility index (Phi) is 5.83. The average Bonchev–Trinajstić information content (AvgIpc) is 2.17. The molecule has 0 aliphatic carbocycles. The van der Waals surface area contributed by atoms with Crippen LogP contribution in [-0.2, 0) is 4.79 Å². The van der Waals surface area contributed by atoms with E-state index in [0.29, 0.717) is 13.0 Å². The van der Waals surface area contributed by atoms with Gasteiger partial charge in [0.15, 0.2) is 0 Å². The summed E-state index contributed by atoms with van der Waals surface area (Å²) in [5.41, 5.74) is 5.69. The van der Waals surface area contributed by atoms with Gasteiger partial charge in [0.05, 0.1) is 0 Å². The molecule has 0 bridgehead atoms. The molecule has 0 saturated carbocycles. The number of hydrogen-bond acceptors (Lipinski definition) is 3. The van der Waals surface area contributed by atoms with Gasteiger partial charge in [-0.3, -0.25) is 9.69 Å². The Labute approximate surface area is 93.4 Å². The molecule has 0 heterocycles. The Morgan fingerprint density at radius 2 is 1.87 bits per heavy atom. The number of likely N-dealkylation sites (N-methyl/N-ethyl adjacent to an activating group) is 1. The number of hydrogen-bond donors (Lipinski definition) is 1. The number of nitrogens with zero attached hydrogens (tertiary/aromatic N) is 2. The Bertz CT molecular complexity index is 202. The van der Waals surface area contributed by atoms with Crippen LogP contribution in [0.4, 0.5) is 0 Å². The molecule has 0 radical (unpaired) electrons. The number of amides is 1. The van der Waals surface area contributed by atoms with Crippen molar-refractivity contribution in [2.75, 3.05) is 33.7 Å². The minimum atomic E-state index is -0.0264. The van der Waals surface area contributed by atoms with Crippen molar-refractivity contribution in [3.8, 4) is 0 Å². The summed E-state index contributed by atoms with van der Waals surface area (Å²) in [5, 5.41) is 0. The predicted molar refractivity (Wildman–Crippen MR) is 63.7 cm³/mol. The summed E-state index contributed by atoms with van der Waals surface area (Å²) in [6.45, 7) is 8.62. The zero-order chi connectivity index (χ0) is 12.1. The summed E-state index contributed by atoms with van der Waals surface area (Å²) in [7, 11) is 3.57. The summed E-state index contributed by atoms with van der Waals surface area (Å²) in [4.78, 5) is 15.3. The molecule has 0 rings (SSSR count). The van der Waals surface area contributed by atoms with E-state index in [4.69, 9.17) is 5.73 Å². The fraction of sp³-hybridized carbons (Fsp3) is 0.909. The molecular weight excluding hydrogens is 190 g/mol. The normalized spacial score (nSPS) is 11.9. The molecule has 0 unspecified atom stereocenters. The zero-order valence-corrected chi connectivity index (χ0v) is 10.7. The lowest BCUT2D eigenvalue weighted by atomic mass is 10.0. The fourth-order valence-electron chi connectivity index (χ4n) is 1.47. The van der Waals surface area contributed by atoms with Gasteiger partial charge in [-0.2, -0.15) is 0 Å². The quantitative estimate of drug-likeness (QED) is 0.703. The van der Waals surface area contributed by atoms with Gasteiger partial charge in [0.25, 0.3) is 0 Å². The minimum absolute atomic E-state index is 0.0264. The largest absolute Gasteiger partial charge is 0.349 e. The van der Waals surface area contributed by atoms with E-state index >= 15 is 0 Å². The molecule has 90 valence electrons. The third kappa shape index (κ3) is 4.62. The smallest absolute Gasteiger partial charge is 0.223 e. The summed E-state index contributed by atoms with van der Waals surface area (Å²) in [6.07, 6.45) is 0.560. The highest BCUT2D eigenvalue weighted by molar-refractivity contribution is 5.75. The van der Waals surface area contributed by atoms with Crippen molar-refractivity contribution in [1.82, 2.24) is 9.80 Å². The van der Waals surface area contributed by atoms with Crippen LogP contribution < -0.4 is 5.73 Å². The second-order valence-electron chi connectivity index (χ2n) is 4.63. The molecule has 4 heteroatoms. The van der Waals surface area contributed by atoms with Gasteiger partial charge in [-0.15, -0.1) is 0 Å². The van der Waals surface area contributed by atoms with Crippen LogP contribution in [0.3, 0.4) is 0 Å². The summed E-state index contributed by atoms with van der Waals surface area (Å²) >= 11 is 0. The second kappa shape index (κ2) is 6.08. The predicted octanol–water partition coefficient (Wildman–Crippen LogP) is 0.524. The van der Waals surface area contributed by atoms with Crippen molar-refractivity contribution in [3.63, 3.8) is 0 Å². The lowest BCUT2D eigenvalue weighted by Crippen LogP contribution is -2.50. The lowest BCUT2D eigenvalue weighted by molar-refractivity contribution is -0.129. The minimum Gasteiger partial charge on any atom is -0.349 e. The van der Waals surface area contributed by atoms with Gasteiger partial charge in [0, 0.05) is 39.1 Å². The van der Waals surface area contributed by atoms with Gasteiger partial charge < -0.3 is 10.6 Å². The Balaban J connectivity index is 4.18.